The molecule has 2 aliphatic rings. The highest BCUT2D eigenvalue weighted by Gasteiger charge is 2.42. The smallest absolute Gasteiger partial charge is 0.305 e. The molecule has 0 aromatic heterocycles. The van der Waals surface area contributed by atoms with E-state index in [0.717, 1.165) is 109 Å². The van der Waals surface area contributed by atoms with Gasteiger partial charge in [0.15, 0.2) is 46.0 Å². The minimum Gasteiger partial charge on any atom is -0.493 e. The van der Waals surface area contributed by atoms with Crippen LogP contribution in [0.3, 0.4) is 0 Å². The summed E-state index contributed by atoms with van der Waals surface area (Å²) in [6.45, 7) is 6.33. The Morgan fingerprint density at radius 3 is 1.11 bits per heavy atom. The third-order valence-corrected chi connectivity index (χ3v) is 15.9. The molecule has 0 spiro atoms. The van der Waals surface area contributed by atoms with E-state index in [9.17, 15) is 9.59 Å². The molecule has 4 unspecified atom stereocenters. The lowest BCUT2D eigenvalue weighted by molar-refractivity contribution is -0.941. The molecule has 16 heteroatoms. The number of likely N-dealkylation sites (N-methyl/N-ethyl adjacent to an activating group) is 2. The summed E-state index contributed by atoms with van der Waals surface area (Å²) in [5.74, 6) is 6.39. The van der Waals surface area contributed by atoms with Gasteiger partial charge in [-0.2, -0.15) is 0 Å². The van der Waals surface area contributed by atoms with Crippen molar-refractivity contribution in [2.24, 2.45) is 5.92 Å². The SMILES string of the molecule is COc1cc2c(cc1OC)C(Cc1cc(OC)c(OC)c(OC)c1)[N+](C)(CCCOC(=O)CCCC(C)CCCC(=O)OCCC[N+]1(C)CCc3cc(OC)c(OC)cc3C1Cc1cc(OC)c(OC)c(OC)c1)CC2. The Morgan fingerprint density at radius 2 is 0.789 bits per heavy atom. The van der Waals surface area contributed by atoms with Crippen molar-refractivity contribution >= 4 is 11.9 Å². The average molecular weight is 1060 g/mol. The van der Waals surface area contributed by atoms with Gasteiger partial charge in [0, 0.05) is 62.5 Å². The minimum absolute atomic E-state index is 0.0675. The number of quaternary nitrogens is 2. The largest absolute Gasteiger partial charge is 0.493 e. The molecule has 0 saturated carbocycles. The predicted molar refractivity (Wildman–Crippen MR) is 291 cm³/mol. The molecular weight excluding hydrogens is 973 g/mol. The minimum atomic E-state index is -0.175. The second kappa shape index (κ2) is 27.7. The Morgan fingerprint density at radius 1 is 0.461 bits per heavy atom. The zero-order chi connectivity index (χ0) is 55.0. The van der Waals surface area contributed by atoms with E-state index in [1.807, 2.05) is 24.3 Å². The Balaban J connectivity index is 0.943. The predicted octanol–water partition coefficient (Wildman–Crippen LogP) is 9.89. The molecule has 0 N–H and O–H groups in total. The normalized spacial score (nSPS) is 19.0. The molecule has 4 aromatic rings. The Hall–Kier alpha value is -6.26. The fraction of sp³-hybridized carbons (Fsp3) is 0.567. The summed E-state index contributed by atoms with van der Waals surface area (Å²) < 4.78 is 70.1. The topological polar surface area (TPSA) is 145 Å². The molecule has 0 amide bonds. The fourth-order valence-electron chi connectivity index (χ4n) is 11.5. The van der Waals surface area contributed by atoms with Gasteiger partial charge in [0.05, 0.1) is 125 Å². The van der Waals surface area contributed by atoms with Crippen molar-refractivity contribution in [3.8, 4) is 57.5 Å². The number of ether oxygens (including phenoxy) is 12. The zero-order valence-electron chi connectivity index (χ0n) is 47.7. The Kier molecular flexibility index (Phi) is 21.5. The first kappa shape index (κ1) is 59.0. The van der Waals surface area contributed by atoms with Crippen molar-refractivity contribution < 1.29 is 75.4 Å². The lowest BCUT2D eigenvalue weighted by atomic mass is 9.86. The molecule has 418 valence electrons. The molecule has 4 atom stereocenters. The summed E-state index contributed by atoms with van der Waals surface area (Å²) in [5, 5.41) is 0. The highest BCUT2D eigenvalue weighted by molar-refractivity contribution is 5.69. The maximum atomic E-state index is 13.0. The molecule has 16 nitrogen and oxygen atoms in total. The summed E-state index contributed by atoms with van der Waals surface area (Å²) in [6, 6.07) is 16.6. The van der Waals surface area contributed by atoms with Crippen LogP contribution < -0.4 is 47.4 Å². The molecule has 2 heterocycles. The first-order valence-corrected chi connectivity index (χ1v) is 26.7. The van der Waals surface area contributed by atoms with Crippen LogP contribution in [0.4, 0.5) is 0 Å². The van der Waals surface area contributed by atoms with Crippen molar-refractivity contribution in [2.75, 3.05) is 125 Å². The van der Waals surface area contributed by atoms with Gasteiger partial charge in [-0.15, -0.1) is 0 Å². The Bertz CT molecular complexity index is 2350. The summed E-state index contributed by atoms with van der Waals surface area (Å²) >= 11 is 0. The third kappa shape index (κ3) is 14.2. The van der Waals surface area contributed by atoms with Crippen molar-refractivity contribution in [1.82, 2.24) is 0 Å². The zero-order valence-corrected chi connectivity index (χ0v) is 47.7. The lowest BCUT2D eigenvalue weighted by Gasteiger charge is -2.46. The van der Waals surface area contributed by atoms with Gasteiger partial charge in [-0.05, 0) is 89.5 Å². The van der Waals surface area contributed by atoms with Gasteiger partial charge in [-0.25, -0.2) is 0 Å². The van der Waals surface area contributed by atoms with Crippen LogP contribution in [0.15, 0.2) is 48.5 Å². The van der Waals surface area contributed by atoms with E-state index in [4.69, 9.17) is 56.8 Å². The molecule has 4 aromatic carbocycles. The maximum Gasteiger partial charge on any atom is 0.305 e. The second-order valence-corrected chi connectivity index (χ2v) is 20.7. The van der Waals surface area contributed by atoms with Crippen LogP contribution >= 0.6 is 0 Å². The molecule has 0 radical (unpaired) electrons. The van der Waals surface area contributed by atoms with E-state index < -0.39 is 0 Å². The standard InChI is InChI=1S/C60H86N2O14/c1-40(18-14-20-57(63)75-28-16-24-61(2)26-22-43-36-49(65-4)51(67-6)38-45(43)47(61)30-41-32-53(69-8)59(73-12)54(33-41)70-9)19-15-21-58(64)76-29-17-25-62(3)27-23-44-37-50(66-5)52(68-7)39-46(44)48(62)31-42-34-55(71-10)60(74-13)56(35-42)72-11/h32-40,47-48H,14-31H2,1-13H3/q+2. The third-order valence-electron chi connectivity index (χ3n) is 15.9. The quantitative estimate of drug-likeness (QED) is 0.0278. The molecular formula is C60H86N2O14+2. The lowest BCUT2D eigenvalue weighted by Crippen LogP contribution is -2.52. The van der Waals surface area contributed by atoms with Crippen molar-refractivity contribution in [3.05, 3.63) is 81.9 Å². The molecule has 0 aliphatic carbocycles. The molecule has 76 heavy (non-hydrogen) atoms. The van der Waals surface area contributed by atoms with Gasteiger partial charge >= 0.3 is 11.9 Å². The van der Waals surface area contributed by atoms with Gasteiger partial charge < -0.3 is 65.8 Å². The number of rotatable bonds is 30. The number of nitrogens with zero attached hydrogens (tertiary/aromatic N) is 2. The van der Waals surface area contributed by atoms with Crippen LogP contribution in [0.25, 0.3) is 0 Å². The van der Waals surface area contributed by atoms with E-state index in [2.05, 4.69) is 45.3 Å². The van der Waals surface area contributed by atoms with E-state index in [1.165, 1.54) is 22.3 Å². The monoisotopic (exact) mass is 1060 g/mol. The van der Waals surface area contributed by atoms with Crippen molar-refractivity contribution in [3.63, 3.8) is 0 Å². The highest BCUT2D eigenvalue weighted by Crippen LogP contribution is 2.47. The summed E-state index contributed by atoms with van der Waals surface area (Å²) in [5.41, 5.74) is 6.99. The fourth-order valence-corrected chi connectivity index (χ4v) is 11.5. The first-order valence-electron chi connectivity index (χ1n) is 26.7. The van der Waals surface area contributed by atoms with Gasteiger partial charge in [-0.1, -0.05) is 19.8 Å². The van der Waals surface area contributed by atoms with Gasteiger partial charge in [-0.3, -0.25) is 9.59 Å². The van der Waals surface area contributed by atoms with Crippen molar-refractivity contribution in [1.29, 1.82) is 0 Å². The van der Waals surface area contributed by atoms with E-state index in [-0.39, 0.29) is 24.0 Å². The maximum absolute atomic E-state index is 13.0. The number of carbonyl (C=O) groups excluding carboxylic acids is 2. The number of fused-ring (bicyclic) bond motifs is 2. The number of benzene rings is 4. The van der Waals surface area contributed by atoms with Gasteiger partial charge in [0.25, 0.3) is 0 Å². The van der Waals surface area contributed by atoms with Crippen LogP contribution in [0.2, 0.25) is 0 Å². The average Bonchev–Trinajstić information content (AvgIpc) is 3.45. The van der Waals surface area contributed by atoms with E-state index >= 15 is 0 Å². The second-order valence-electron chi connectivity index (χ2n) is 20.7. The summed E-state index contributed by atoms with van der Waals surface area (Å²) in [7, 11) is 21.0. The van der Waals surface area contributed by atoms with Crippen LogP contribution in [-0.2, 0) is 44.7 Å². The number of hydrogen-bond acceptors (Lipinski definition) is 14. The van der Waals surface area contributed by atoms with Crippen LogP contribution in [0, 0.1) is 5.92 Å². The van der Waals surface area contributed by atoms with E-state index in [1.54, 1.807) is 71.1 Å². The Labute approximate surface area is 451 Å². The van der Waals surface area contributed by atoms with Gasteiger partial charge in [0.1, 0.15) is 12.1 Å². The number of esters is 2. The molecule has 0 saturated heterocycles. The number of hydrogen-bond donors (Lipinski definition) is 0. The molecule has 0 bridgehead atoms. The van der Waals surface area contributed by atoms with Crippen LogP contribution in [-0.4, -0.2) is 145 Å². The summed E-state index contributed by atoms with van der Waals surface area (Å²) in [6.07, 6.45) is 8.58. The van der Waals surface area contributed by atoms with Crippen LogP contribution in [0.5, 0.6) is 57.5 Å². The number of carbonyl (C=O) groups is 2. The van der Waals surface area contributed by atoms with Crippen LogP contribution in [0.1, 0.15) is 104 Å². The molecule has 0 fully saturated rings. The number of methoxy groups -OCH3 is 10. The van der Waals surface area contributed by atoms with Gasteiger partial charge in [0.2, 0.25) is 11.5 Å². The van der Waals surface area contributed by atoms with E-state index in [0.29, 0.717) is 90.8 Å². The summed E-state index contributed by atoms with van der Waals surface area (Å²) in [4.78, 5) is 26.0. The molecule has 6 rings (SSSR count). The van der Waals surface area contributed by atoms with Crippen molar-refractivity contribution in [2.45, 2.75) is 96.1 Å². The molecule has 2 aliphatic heterocycles. The first-order chi connectivity index (χ1) is 36.6. The highest BCUT2D eigenvalue weighted by atomic mass is 16.6.